The Balaban J connectivity index is 1.78. The average molecular weight is 339 g/mol. The topological polar surface area (TPSA) is 91.2 Å². The minimum Gasteiger partial charge on any atom is -0.481 e. The van der Waals surface area contributed by atoms with Crippen molar-refractivity contribution in [2.45, 2.75) is 6.54 Å². The number of imidazole rings is 1. The molecule has 0 saturated heterocycles. The molecule has 0 aromatic carbocycles. The first-order chi connectivity index (χ1) is 12.2. The van der Waals surface area contributed by atoms with Crippen LogP contribution in [0.4, 0.5) is 0 Å². The lowest BCUT2D eigenvalue weighted by atomic mass is 10.2. The largest absolute Gasteiger partial charge is 0.481 e. The van der Waals surface area contributed by atoms with E-state index in [0.717, 1.165) is 5.56 Å². The summed E-state index contributed by atoms with van der Waals surface area (Å²) in [5.41, 5.74) is 1.19. The van der Waals surface area contributed by atoms with E-state index in [-0.39, 0.29) is 11.8 Å². The van der Waals surface area contributed by atoms with Crippen LogP contribution < -0.4 is 14.8 Å². The zero-order valence-electron chi connectivity index (χ0n) is 13.8. The molecule has 3 heterocycles. The smallest absolute Gasteiger partial charge is 0.257 e. The van der Waals surface area contributed by atoms with Crippen molar-refractivity contribution in [3.63, 3.8) is 0 Å². The third-order valence-corrected chi connectivity index (χ3v) is 3.54. The number of ether oxygens (including phenoxy) is 2. The van der Waals surface area contributed by atoms with Gasteiger partial charge in [0.05, 0.1) is 14.2 Å². The average Bonchev–Trinajstić information content (AvgIpc) is 3.20. The molecule has 0 atom stereocenters. The molecule has 8 nitrogen and oxygen atoms in total. The number of methoxy groups -OCH3 is 2. The van der Waals surface area contributed by atoms with E-state index in [0.29, 0.717) is 23.8 Å². The highest BCUT2D eigenvalue weighted by atomic mass is 16.5. The minimum atomic E-state index is -0.299. The summed E-state index contributed by atoms with van der Waals surface area (Å²) in [4.78, 5) is 25.0. The second-order valence-electron chi connectivity index (χ2n) is 5.05. The molecule has 0 spiro atoms. The molecule has 0 saturated carbocycles. The molecule has 0 aliphatic heterocycles. The quantitative estimate of drug-likeness (QED) is 0.734. The number of hydrogen-bond donors (Lipinski definition) is 1. The molecule has 1 amide bonds. The van der Waals surface area contributed by atoms with Crippen LogP contribution in [0.15, 0.2) is 49.2 Å². The van der Waals surface area contributed by atoms with Gasteiger partial charge in [0.1, 0.15) is 17.7 Å². The van der Waals surface area contributed by atoms with Gasteiger partial charge in [-0.15, -0.1) is 0 Å². The fraction of sp³-hybridized carbons (Fsp3) is 0.176. The Morgan fingerprint density at radius 3 is 2.80 bits per heavy atom. The van der Waals surface area contributed by atoms with E-state index in [9.17, 15) is 4.79 Å². The molecule has 0 unspecified atom stereocenters. The molecule has 1 N–H and O–H groups in total. The van der Waals surface area contributed by atoms with Crippen LogP contribution in [0.1, 0.15) is 15.9 Å². The monoisotopic (exact) mass is 339 g/mol. The van der Waals surface area contributed by atoms with Gasteiger partial charge in [-0.2, -0.15) is 4.98 Å². The molecule has 0 fully saturated rings. The predicted octanol–water partition coefficient (Wildman–Crippen LogP) is 1.61. The van der Waals surface area contributed by atoms with Crippen molar-refractivity contribution in [1.82, 2.24) is 24.8 Å². The number of pyridine rings is 2. The van der Waals surface area contributed by atoms with E-state index in [2.05, 4.69) is 20.3 Å². The van der Waals surface area contributed by atoms with Crippen LogP contribution in [-0.4, -0.2) is 39.6 Å². The Labute approximate surface area is 144 Å². The fourth-order valence-corrected chi connectivity index (χ4v) is 2.32. The summed E-state index contributed by atoms with van der Waals surface area (Å²) in [6.45, 7) is 0.301. The summed E-state index contributed by atoms with van der Waals surface area (Å²) in [5.74, 6) is 0.994. The molecular formula is C17H17N5O3. The van der Waals surface area contributed by atoms with E-state index in [1.54, 1.807) is 41.6 Å². The van der Waals surface area contributed by atoms with Gasteiger partial charge < -0.3 is 14.8 Å². The summed E-state index contributed by atoms with van der Waals surface area (Å²) < 4.78 is 12.0. The van der Waals surface area contributed by atoms with Gasteiger partial charge in [-0.1, -0.05) is 6.07 Å². The van der Waals surface area contributed by atoms with Gasteiger partial charge in [0, 0.05) is 36.8 Å². The number of aromatic nitrogens is 4. The molecule has 3 aromatic heterocycles. The Morgan fingerprint density at radius 1 is 1.20 bits per heavy atom. The minimum absolute atomic E-state index is 0.206. The maximum Gasteiger partial charge on any atom is 0.257 e. The number of nitrogens with zero attached hydrogens (tertiary/aromatic N) is 4. The first-order valence-electron chi connectivity index (χ1n) is 7.52. The second kappa shape index (κ2) is 7.43. The van der Waals surface area contributed by atoms with Crippen molar-refractivity contribution in [3.05, 3.63) is 60.3 Å². The lowest BCUT2D eigenvalue weighted by Gasteiger charge is -2.12. The Morgan fingerprint density at radius 2 is 2.08 bits per heavy atom. The Hall–Kier alpha value is -3.42. The standard InChI is InChI=1S/C17H17N5O3/c1-24-14-6-5-13(17(21-14)25-2)16(23)20-10-12-4-3-7-19-15(12)22-9-8-18-11-22/h3-9,11H,10H2,1-2H3,(H,20,23). The third kappa shape index (κ3) is 3.57. The molecule has 0 bridgehead atoms. The molecular weight excluding hydrogens is 322 g/mol. The van der Waals surface area contributed by atoms with Crippen molar-refractivity contribution < 1.29 is 14.3 Å². The van der Waals surface area contributed by atoms with Crippen molar-refractivity contribution in [2.75, 3.05) is 14.2 Å². The summed E-state index contributed by atoms with van der Waals surface area (Å²) in [6.07, 6.45) is 6.82. The first kappa shape index (κ1) is 16.4. The molecule has 0 radical (unpaired) electrons. The van der Waals surface area contributed by atoms with Crippen LogP contribution in [0, 0.1) is 0 Å². The number of nitrogens with one attached hydrogen (secondary N) is 1. The molecule has 0 aliphatic carbocycles. The Kier molecular flexibility index (Phi) is 4.89. The molecule has 25 heavy (non-hydrogen) atoms. The number of hydrogen-bond acceptors (Lipinski definition) is 6. The van der Waals surface area contributed by atoms with Crippen LogP contribution in [0.25, 0.3) is 5.82 Å². The van der Waals surface area contributed by atoms with Gasteiger partial charge >= 0.3 is 0 Å². The highest BCUT2D eigenvalue weighted by Crippen LogP contribution is 2.20. The summed E-state index contributed by atoms with van der Waals surface area (Å²) in [6, 6.07) is 6.93. The van der Waals surface area contributed by atoms with Gasteiger partial charge in [-0.05, 0) is 12.1 Å². The predicted molar refractivity (Wildman–Crippen MR) is 89.9 cm³/mol. The van der Waals surface area contributed by atoms with Crippen LogP contribution >= 0.6 is 0 Å². The lowest BCUT2D eigenvalue weighted by molar-refractivity contribution is 0.0947. The van der Waals surface area contributed by atoms with Crippen molar-refractivity contribution in [1.29, 1.82) is 0 Å². The molecule has 8 heteroatoms. The maximum absolute atomic E-state index is 12.5. The van der Waals surface area contributed by atoms with Crippen LogP contribution in [0.2, 0.25) is 0 Å². The first-order valence-corrected chi connectivity index (χ1v) is 7.52. The van der Waals surface area contributed by atoms with Gasteiger partial charge in [-0.3, -0.25) is 9.36 Å². The maximum atomic E-state index is 12.5. The van der Waals surface area contributed by atoms with E-state index >= 15 is 0 Å². The van der Waals surface area contributed by atoms with E-state index in [1.165, 1.54) is 14.2 Å². The van der Waals surface area contributed by atoms with Crippen molar-refractivity contribution in [2.24, 2.45) is 0 Å². The van der Waals surface area contributed by atoms with Gasteiger partial charge in [0.15, 0.2) is 0 Å². The molecule has 128 valence electrons. The van der Waals surface area contributed by atoms with Crippen molar-refractivity contribution >= 4 is 5.91 Å². The fourth-order valence-electron chi connectivity index (χ4n) is 2.32. The highest BCUT2D eigenvalue weighted by Gasteiger charge is 2.15. The van der Waals surface area contributed by atoms with Crippen molar-refractivity contribution in [3.8, 4) is 17.6 Å². The van der Waals surface area contributed by atoms with Gasteiger partial charge in [0.2, 0.25) is 11.8 Å². The van der Waals surface area contributed by atoms with E-state index in [1.807, 2.05) is 12.1 Å². The Bertz CT molecular complexity index is 864. The number of carbonyl (C=O) groups excluding carboxylic acids is 1. The zero-order chi connectivity index (χ0) is 17.6. The lowest BCUT2D eigenvalue weighted by Crippen LogP contribution is -2.24. The normalized spacial score (nSPS) is 10.3. The van der Waals surface area contributed by atoms with E-state index in [4.69, 9.17) is 9.47 Å². The summed E-state index contributed by atoms with van der Waals surface area (Å²) in [7, 11) is 2.96. The highest BCUT2D eigenvalue weighted by molar-refractivity contribution is 5.96. The molecule has 3 aromatic rings. The SMILES string of the molecule is COc1ccc(C(=O)NCc2cccnc2-n2ccnc2)c(OC)n1. The van der Waals surface area contributed by atoms with Crippen LogP contribution in [-0.2, 0) is 6.54 Å². The summed E-state index contributed by atoms with van der Waals surface area (Å²) in [5, 5.41) is 2.86. The second-order valence-corrected chi connectivity index (χ2v) is 5.05. The van der Waals surface area contributed by atoms with Crippen LogP contribution in [0.5, 0.6) is 11.8 Å². The van der Waals surface area contributed by atoms with Crippen LogP contribution in [0.3, 0.4) is 0 Å². The number of rotatable bonds is 6. The van der Waals surface area contributed by atoms with Gasteiger partial charge in [-0.25, -0.2) is 9.97 Å². The number of amides is 1. The molecule has 3 rings (SSSR count). The number of carbonyl (C=O) groups is 1. The molecule has 0 aliphatic rings. The van der Waals surface area contributed by atoms with E-state index < -0.39 is 0 Å². The van der Waals surface area contributed by atoms with Gasteiger partial charge in [0.25, 0.3) is 5.91 Å². The zero-order valence-corrected chi connectivity index (χ0v) is 13.8. The third-order valence-electron chi connectivity index (χ3n) is 3.54. The summed E-state index contributed by atoms with van der Waals surface area (Å²) >= 11 is 0.